The van der Waals surface area contributed by atoms with E-state index in [9.17, 15) is 31.5 Å². The fraction of sp³-hybridized carbons (Fsp3) is 0.111. The highest BCUT2D eigenvalue weighted by Crippen LogP contribution is 2.42. The van der Waals surface area contributed by atoms with Crippen molar-refractivity contribution in [3.05, 3.63) is 94.8 Å². The van der Waals surface area contributed by atoms with E-state index in [1.165, 1.54) is 35.1 Å². The monoisotopic (exact) mass is 587 g/mol. The highest BCUT2D eigenvalue weighted by atomic mass is 32.1. The number of carbonyl (C=O) groups is 2. The van der Waals surface area contributed by atoms with E-state index in [2.05, 4.69) is 15.4 Å². The first-order valence-electron chi connectivity index (χ1n) is 11.8. The van der Waals surface area contributed by atoms with E-state index in [0.717, 1.165) is 23.5 Å². The zero-order valence-corrected chi connectivity index (χ0v) is 21.5. The van der Waals surface area contributed by atoms with Crippen LogP contribution in [0.4, 0.5) is 27.6 Å². The second-order valence-electron chi connectivity index (χ2n) is 8.61. The van der Waals surface area contributed by atoms with Crippen molar-refractivity contribution in [1.82, 2.24) is 14.8 Å². The molecule has 8 nitrogen and oxygen atoms in total. The molecular formula is C27H18F5N5O3S. The van der Waals surface area contributed by atoms with Crippen molar-refractivity contribution in [3.8, 4) is 16.9 Å². The number of hydrogen-bond donors (Lipinski definition) is 2. The minimum Gasteiger partial charge on any atom is -0.471 e. The van der Waals surface area contributed by atoms with E-state index < -0.39 is 35.7 Å². The Hall–Kier alpha value is -4.85. The number of halogens is 5. The summed E-state index contributed by atoms with van der Waals surface area (Å²) in [6, 6.07) is 15.3. The highest BCUT2D eigenvalue weighted by molar-refractivity contribution is 7.21. The minimum atomic E-state index is -4.54. The Balaban J connectivity index is 1.44. The van der Waals surface area contributed by atoms with Crippen LogP contribution in [0.3, 0.4) is 0 Å². The molecule has 3 N–H and O–H groups in total. The van der Waals surface area contributed by atoms with Crippen molar-refractivity contribution in [3.63, 3.8) is 0 Å². The lowest BCUT2D eigenvalue weighted by molar-refractivity contribution is -0.137. The van der Waals surface area contributed by atoms with Gasteiger partial charge in [0.25, 0.3) is 18.2 Å². The number of pyridine rings is 1. The molecule has 0 radical (unpaired) electrons. The van der Waals surface area contributed by atoms with E-state index in [0.29, 0.717) is 11.1 Å². The normalized spacial score (nSPS) is 11.7. The number of fused-ring (bicyclic) bond motifs is 1. The van der Waals surface area contributed by atoms with Gasteiger partial charge in [-0.2, -0.15) is 18.3 Å². The lowest BCUT2D eigenvalue weighted by atomic mass is 10.0. The summed E-state index contributed by atoms with van der Waals surface area (Å²) in [6.45, 7) is -0.305. The standard InChI is InChI=1S/C27H18F5N5O3S/c28-23(29)19-12-17(14-5-2-1-3-6-14)20-21(22(24(33)38)41-26(20)34-19)35-25(39)18-9-10-37(36-18)13-40-16-8-4-7-15(11-16)27(30,31)32/h1-12,23H,13H2,(H2,33,38)(H,35,39). The van der Waals surface area contributed by atoms with E-state index in [1.54, 1.807) is 30.3 Å². The molecule has 0 fully saturated rings. The molecule has 0 saturated carbocycles. The Bertz CT molecular complexity index is 1750. The highest BCUT2D eigenvalue weighted by Gasteiger charge is 2.30. The maximum absolute atomic E-state index is 13.6. The van der Waals surface area contributed by atoms with Gasteiger partial charge in [0.15, 0.2) is 12.4 Å². The topological polar surface area (TPSA) is 112 Å². The van der Waals surface area contributed by atoms with Gasteiger partial charge in [-0.25, -0.2) is 18.4 Å². The Labute approximate surface area is 232 Å². The summed E-state index contributed by atoms with van der Waals surface area (Å²) in [7, 11) is 0. The van der Waals surface area contributed by atoms with Crippen molar-refractivity contribution in [1.29, 1.82) is 0 Å². The Morgan fingerprint density at radius 1 is 1.05 bits per heavy atom. The molecule has 0 spiro atoms. The largest absolute Gasteiger partial charge is 0.471 e. The second-order valence-corrected chi connectivity index (χ2v) is 9.60. The van der Waals surface area contributed by atoms with E-state index in [1.807, 2.05) is 0 Å². The number of nitrogens with zero attached hydrogens (tertiary/aromatic N) is 3. The summed E-state index contributed by atoms with van der Waals surface area (Å²) >= 11 is 0.764. The van der Waals surface area contributed by atoms with Crippen LogP contribution in [-0.2, 0) is 12.9 Å². The molecule has 3 aromatic heterocycles. The molecular weight excluding hydrogens is 569 g/mol. The molecule has 0 aliphatic rings. The van der Waals surface area contributed by atoms with Crippen molar-refractivity contribution < 1.29 is 36.3 Å². The zero-order valence-electron chi connectivity index (χ0n) is 20.7. The number of ether oxygens (including phenoxy) is 1. The lowest BCUT2D eigenvalue weighted by Gasteiger charge is -2.11. The van der Waals surface area contributed by atoms with Gasteiger partial charge in [0.1, 0.15) is 21.2 Å². The number of amides is 2. The molecule has 210 valence electrons. The zero-order chi connectivity index (χ0) is 29.3. The number of anilines is 1. The van der Waals surface area contributed by atoms with Crippen LogP contribution in [0.2, 0.25) is 0 Å². The van der Waals surface area contributed by atoms with Crippen LogP contribution < -0.4 is 15.8 Å². The van der Waals surface area contributed by atoms with Crippen molar-refractivity contribution in [2.45, 2.75) is 19.3 Å². The molecule has 5 rings (SSSR count). The van der Waals surface area contributed by atoms with Gasteiger partial charge in [0.05, 0.1) is 11.3 Å². The number of nitrogens with one attached hydrogen (secondary N) is 1. The maximum atomic E-state index is 13.6. The van der Waals surface area contributed by atoms with Crippen LogP contribution in [-0.4, -0.2) is 26.6 Å². The number of rotatable bonds is 8. The molecule has 14 heteroatoms. The van der Waals surface area contributed by atoms with Crippen LogP contribution in [0, 0.1) is 0 Å². The van der Waals surface area contributed by atoms with E-state index in [4.69, 9.17) is 10.5 Å². The summed E-state index contributed by atoms with van der Waals surface area (Å²) in [4.78, 5) is 29.4. The predicted octanol–water partition coefficient (Wildman–Crippen LogP) is 6.50. The number of aromatic nitrogens is 3. The molecule has 2 aromatic carbocycles. The van der Waals surface area contributed by atoms with Crippen LogP contribution in [0.5, 0.6) is 5.75 Å². The average Bonchev–Trinajstić information content (AvgIpc) is 3.57. The fourth-order valence-corrected chi connectivity index (χ4v) is 5.02. The SMILES string of the molecule is NC(=O)c1sc2nc(C(F)F)cc(-c3ccccc3)c2c1NC(=O)c1ccn(COc2cccc(C(F)(F)F)c2)n1. The van der Waals surface area contributed by atoms with Gasteiger partial charge < -0.3 is 15.8 Å². The Morgan fingerprint density at radius 2 is 1.80 bits per heavy atom. The molecule has 0 bridgehead atoms. The number of hydrogen-bond acceptors (Lipinski definition) is 6. The number of benzene rings is 2. The molecule has 0 saturated heterocycles. The summed E-state index contributed by atoms with van der Waals surface area (Å²) in [5, 5.41) is 6.93. The first-order chi connectivity index (χ1) is 19.5. The van der Waals surface area contributed by atoms with Gasteiger partial charge in [-0.05, 0) is 41.5 Å². The second kappa shape index (κ2) is 11.0. The first-order valence-corrected chi connectivity index (χ1v) is 12.6. The quantitative estimate of drug-likeness (QED) is 0.201. The molecule has 2 amide bonds. The Morgan fingerprint density at radius 3 is 2.49 bits per heavy atom. The van der Waals surface area contributed by atoms with Crippen molar-refractivity contribution in [2.75, 3.05) is 5.32 Å². The number of alkyl halides is 5. The smallest absolute Gasteiger partial charge is 0.416 e. The summed E-state index contributed by atoms with van der Waals surface area (Å²) < 4.78 is 72.7. The summed E-state index contributed by atoms with van der Waals surface area (Å²) in [5.74, 6) is -1.72. The number of carbonyl (C=O) groups excluding carboxylic acids is 2. The molecule has 5 aromatic rings. The van der Waals surface area contributed by atoms with Gasteiger partial charge in [-0.3, -0.25) is 9.59 Å². The van der Waals surface area contributed by atoms with Gasteiger partial charge in [0.2, 0.25) is 0 Å². The summed E-state index contributed by atoms with van der Waals surface area (Å²) in [6.07, 6.45) is -6.06. The van der Waals surface area contributed by atoms with Gasteiger partial charge in [-0.15, -0.1) is 11.3 Å². The predicted molar refractivity (Wildman–Crippen MR) is 141 cm³/mol. The van der Waals surface area contributed by atoms with Crippen molar-refractivity contribution in [2.24, 2.45) is 5.73 Å². The fourth-order valence-electron chi connectivity index (χ4n) is 4.00. The van der Waals surface area contributed by atoms with Gasteiger partial charge in [-0.1, -0.05) is 36.4 Å². The van der Waals surface area contributed by atoms with Crippen LogP contribution in [0.15, 0.2) is 72.9 Å². The molecule has 41 heavy (non-hydrogen) atoms. The minimum absolute atomic E-state index is 0.00978. The lowest BCUT2D eigenvalue weighted by Crippen LogP contribution is -2.18. The maximum Gasteiger partial charge on any atom is 0.416 e. The third kappa shape index (κ3) is 5.87. The number of nitrogens with two attached hydrogens (primary N) is 1. The van der Waals surface area contributed by atoms with Crippen molar-refractivity contribution >= 4 is 39.1 Å². The first kappa shape index (κ1) is 27.7. The van der Waals surface area contributed by atoms with Crippen LogP contribution in [0.25, 0.3) is 21.3 Å². The average molecular weight is 588 g/mol. The Kier molecular flexibility index (Phi) is 7.41. The molecule has 0 aliphatic carbocycles. The van der Waals surface area contributed by atoms with Crippen LogP contribution in [0.1, 0.15) is 37.8 Å². The third-order valence-corrected chi connectivity index (χ3v) is 6.95. The van der Waals surface area contributed by atoms with Crippen LogP contribution >= 0.6 is 11.3 Å². The number of primary amides is 1. The van der Waals surface area contributed by atoms with E-state index >= 15 is 0 Å². The molecule has 0 atom stereocenters. The molecule has 0 aliphatic heterocycles. The third-order valence-electron chi connectivity index (χ3n) is 5.85. The van der Waals surface area contributed by atoms with E-state index in [-0.39, 0.29) is 39.0 Å². The molecule has 3 heterocycles. The van der Waals surface area contributed by atoms with Gasteiger partial charge in [0, 0.05) is 11.6 Å². The van der Waals surface area contributed by atoms with Gasteiger partial charge >= 0.3 is 6.18 Å². The number of thiophene rings is 1. The summed E-state index contributed by atoms with van der Waals surface area (Å²) in [5.41, 5.74) is 4.89. The molecule has 0 unspecified atom stereocenters.